The lowest BCUT2D eigenvalue weighted by Crippen LogP contribution is -2.06. The van der Waals surface area contributed by atoms with Crippen molar-refractivity contribution in [3.63, 3.8) is 0 Å². The average molecular weight is 263 g/mol. The molecule has 5 nitrogen and oxygen atoms in total. The SMILES string of the molecule is OCCn1nnc(CO)c1/C=C/c1ccc(F)cc1. The molecule has 0 aliphatic carbocycles. The van der Waals surface area contributed by atoms with Crippen molar-refractivity contribution in [3.8, 4) is 0 Å². The maximum atomic E-state index is 12.8. The second-order valence-electron chi connectivity index (χ2n) is 3.91. The topological polar surface area (TPSA) is 71.2 Å². The van der Waals surface area contributed by atoms with Crippen LogP contribution in [0.2, 0.25) is 0 Å². The van der Waals surface area contributed by atoms with Crippen LogP contribution in [0.4, 0.5) is 4.39 Å². The molecule has 0 amide bonds. The Hall–Kier alpha value is -2.05. The maximum Gasteiger partial charge on any atom is 0.123 e. The van der Waals surface area contributed by atoms with E-state index in [9.17, 15) is 9.50 Å². The molecule has 2 rings (SSSR count). The number of benzene rings is 1. The lowest BCUT2D eigenvalue weighted by molar-refractivity contribution is 0.267. The molecule has 2 N–H and O–H groups in total. The Kier molecular flexibility index (Phi) is 4.38. The summed E-state index contributed by atoms with van der Waals surface area (Å²) in [5.74, 6) is -0.291. The van der Waals surface area contributed by atoms with E-state index in [1.165, 1.54) is 16.8 Å². The Morgan fingerprint density at radius 3 is 2.53 bits per heavy atom. The van der Waals surface area contributed by atoms with Crippen LogP contribution in [0.3, 0.4) is 0 Å². The highest BCUT2D eigenvalue weighted by atomic mass is 19.1. The van der Waals surface area contributed by atoms with Crippen LogP contribution >= 0.6 is 0 Å². The summed E-state index contributed by atoms with van der Waals surface area (Å²) in [7, 11) is 0. The number of hydrogen-bond donors (Lipinski definition) is 2. The van der Waals surface area contributed by atoms with E-state index < -0.39 is 0 Å². The van der Waals surface area contributed by atoms with Gasteiger partial charge in [-0.3, -0.25) is 0 Å². The van der Waals surface area contributed by atoms with E-state index in [4.69, 9.17) is 5.11 Å². The highest BCUT2D eigenvalue weighted by molar-refractivity contribution is 5.68. The van der Waals surface area contributed by atoms with Crippen molar-refractivity contribution in [2.45, 2.75) is 13.2 Å². The lowest BCUT2D eigenvalue weighted by Gasteiger charge is -2.01. The predicted molar refractivity (Wildman–Crippen MR) is 68.4 cm³/mol. The number of nitrogens with zero attached hydrogens (tertiary/aromatic N) is 3. The lowest BCUT2D eigenvalue weighted by atomic mass is 10.2. The number of hydrogen-bond acceptors (Lipinski definition) is 4. The minimum atomic E-state index is -0.291. The molecule has 0 spiro atoms. The first kappa shape index (κ1) is 13.4. The minimum absolute atomic E-state index is 0.0639. The zero-order valence-corrected chi connectivity index (χ0v) is 10.2. The molecule has 0 bridgehead atoms. The summed E-state index contributed by atoms with van der Waals surface area (Å²) in [6.07, 6.45) is 3.50. The van der Waals surface area contributed by atoms with Gasteiger partial charge in [0.2, 0.25) is 0 Å². The van der Waals surface area contributed by atoms with Gasteiger partial charge in [-0.15, -0.1) is 5.10 Å². The molecule has 0 aliphatic heterocycles. The summed E-state index contributed by atoms with van der Waals surface area (Å²) in [5, 5.41) is 25.8. The fraction of sp³-hybridized carbons (Fsp3) is 0.231. The van der Waals surface area contributed by atoms with Gasteiger partial charge in [-0.1, -0.05) is 23.4 Å². The van der Waals surface area contributed by atoms with Crippen LogP contribution in [-0.4, -0.2) is 31.8 Å². The van der Waals surface area contributed by atoms with Crippen molar-refractivity contribution in [2.75, 3.05) is 6.61 Å². The third-order valence-electron chi connectivity index (χ3n) is 2.61. The van der Waals surface area contributed by atoms with Gasteiger partial charge < -0.3 is 10.2 Å². The number of halogens is 1. The van der Waals surface area contributed by atoms with E-state index in [0.29, 0.717) is 17.9 Å². The third kappa shape index (κ3) is 3.24. The number of aliphatic hydroxyl groups is 2. The van der Waals surface area contributed by atoms with Gasteiger partial charge in [0.25, 0.3) is 0 Å². The van der Waals surface area contributed by atoms with Gasteiger partial charge in [-0.2, -0.15) is 0 Å². The van der Waals surface area contributed by atoms with Gasteiger partial charge in [-0.05, 0) is 23.8 Å². The second kappa shape index (κ2) is 6.21. The molecule has 0 saturated heterocycles. The van der Waals surface area contributed by atoms with Crippen LogP contribution in [0.1, 0.15) is 17.0 Å². The standard InChI is InChI=1S/C13H14FN3O2/c14-11-4-1-10(2-5-11)3-6-13-12(9-19)15-16-17(13)7-8-18/h1-6,18-19H,7-9H2/b6-3+. The van der Waals surface area contributed by atoms with Crippen molar-refractivity contribution in [2.24, 2.45) is 0 Å². The van der Waals surface area contributed by atoms with E-state index in [1.54, 1.807) is 24.3 Å². The first-order valence-corrected chi connectivity index (χ1v) is 5.82. The smallest absolute Gasteiger partial charge is 0.123 e. The highest BCUT2D eigenvalue weighted by Crippen LogP contribution is 2.12. The Morgan fingerprint density at radius 2 is 1.89 bits per heavy atom. The molecule has 2 aromatic rings. The van der Waals surface area contributed by atoms with Crippen molar-refractivity contribution in [1.82, 2.24) is 15.0 Å². The summed E-state index contributed by atoms with van der Waals surface area (Å²) in [4.78, 5) is 0. The van der Waals surface area contributed by atoms with Crippen molar-refractivity contribution >= 4 is 12.2 Å². The van der Waals surface area contributed by atoms with Gasteiger partial charge in [0, 0.05) is 0 Å². The van der Waals surface area contributed by atoms with E-state index in [-0.39, 0.29) is 19.0 Å². The van der Waals surface area contributed by atoms with Crippen LogP contribution < -0.4 is 0 Å². The van der Waals surface area contributed by atoms with Gasteiger partial charge in [0.05, 0.1) is 25.5 Å². The zero-order chi connectivity index (χ0) is 13.7. The molecule has 1 heterocycles. The van der Waals surface area contributed by atoms with Crippen LogP contribution in [0.5, 0.6) is 0 Å². The maximum absolute atomic E-state index is 12.8. The molecular weight excluding hydrogens is 249 g/mol. The van der Waals surface area contributed by atoms with Crippen LogP contribution in [0.25, 0.3) is 12.2 Å². The summed E-state index contributed by atoms with van der Waals surface area (Å²) in [6, 6.07) is 6.03. The number of aromatic nitrogens is 3. The Balaban J connectivity index is 2.26. The highest BCUT2D eigenvalue weighted by Gasteiger charge is 2.08. The molecule has 19 heavy (non-hydrogen) atoms. The second-order valence-corrected chi connectivity index (χ2v) is 3.91. The molecule has 100 valence electrons. The van der Waals surface area contributed by atoms with Gasteiger partial charge in [0.1, 0.15) is 11.5 Å². The third-order valence-corrected chi connectivity index (χ3v) is 2.61. The molecule has 0 radical (unpaired) electrons. The van der Waals surface area contributed by atoms with Crippen LogP contribution in [-0.2, 0) is 13.2 Å². The molecule has 0 fully saturated rings. The molecule has 1 aromatic heterocycles. The fourth-order valence-electron chi connectivity index (χ4n) is 1.66. The molecule has 6 heteroatoms. The summed E-state index contributed by atoms with van der Waals surface area (Å²) in [5.41, 5.74) is 1.88. The van der Waals surface area contributed by atoms with Gasteiger partial charge in [-0.25, -0.2) is 9.07 Å². The molecule has 0 saturated carbocycles. The van der Waals surface area contributed by atoms with E-state index in [0.717, 1.165) is 5.56 Å². The summed E-state index contributed by atoms with van der Waals surface area (Å²) < 4.78 is 14.3. The van der Waals surface area contributed by atoms with Crippen LogP contribution in [0, 0.1) is 5.82 Å². The van der Waals surface area contributed by atoms with E-state index in [2.05, 4.69) is 10.3 Å². The molecule has 0 unspecified atom stereocenters. The molecule has 0 atom stereocenters. The number of aliphatic hydroxyl groups excluding tert-OH is 2. The summed E-state index contributed by atoms with van der Waals surface area (Å²) in [6.45, 7) is 0.0101. The monoisotopic (exact) mass is 263 g/mol. The fourth-order valence-corrected chi connectivity index (χ4v) is 1.66. The van der Waals surface area contributed by atoms with Crippen molar-refractivity contribution < 1.29 is 14.6 Å². The Labute approximate surface area is 109 Å². The van der Waals surface area contributed by atoms with E-state index in [1.807, 2.05) is 0 Å². The normalized spacial score (nSPS) is 11.3. The minimum Gasteiger partial charge on any atom is -0.394 e. The number of rotatable bonds is 5. The zero-order valence-electron chi connectivity index (χ0n) is 10.2. The van der Waals surface area contributed by atoms with Crippen LogP contribution in [0.15, 0.2) is 24.3 Å². The predicted octanol–water partition coefficient (Wildman–Crippen LogP) is 1.07. The first-order valence-electron chi connectivity index (χ1n) is 5.82. The van der Waals surface area contributed by atoms with Gasteiger partial charge >= 0.3 is 0 Å². The summed E-state index contributed by atoms with van der Waals surface area (Å²) >= 11 is 0. The quantitative estimate of drug-likeness (QED) is 0.846. The largest absolute Gasteiger partial charge is 0.394 e. The van der Waals surface area contributed by atoms with Crippen molar-refractivity contribution in [3.05, 3.63) is 47.0 Å². The average Bonchev–Trinajstić information content (AvgIpc) is 2.81. The molecule has 1 aromatic carbocycles. The molecule has 0 aliphatic rings. The molecular formula is C13H14FN3O2. The first-order chi connectivity index (χ1) is 9.24. The van der Waals surface area contributed by atoms with E-state index >= 15 is 0 Å². The Bertz CT molecular complexity index is 564. The Morgan fingerprint density at radius 1 is 1.16 bits per heavy atom. The van der Waals surface area contributed by atoms with Crippen molar-refractivity contribution in [1.29, 1.82) is 0 Å². The van der Waals surface area contributed by atoms with Gasteiger partial charge in [0.15, 0.2) is 0 Å².